The number of urea groups is 1. The number of methoxy groups -OCH3 is 1. The Hall–Kier alpha value is -3.78. The predicted octanol–water partition coefficient (Wildman–Crippen LogP) is 3.64. The number of amides is 3. The fourth-order valence-electron chi connectivity index (χ4n) is 3.93. The first kappa shape index (κ1) is 22.4. The molecule has 1 aliphatic rings. The summed E-state index contributed by atoms with van der Waals surface area (Å²) in [5, 5.41) is 5.05. The SMILES string of the molecule is COc1ccc2c(c1)[C@H](N(CC(=O)NC(=O)NCc1ccco1)Cc1ccccc1)CCO2. The van der Waals surface area contributed by atoms with Gasteiger partial charge in [0.15, 0.2) is 0 Å². The quantitative estimate of drug-likeness (QED) is 0.546. The summed E-state index contributed by atoms with van der Waals surface area (Å²) in [7, 11) is 1.62. The molecule has 8 nitrogen and oxygen atoms in total. The van der Waals surface area contributed by atoms with Gasteiger partial charge in [0, 0.05) is 24.6 Å². The van der Waals surface area contributed by atoms with Crippen LogP contribution in [0.5, 0.6) is 11.5 Å². The maximum atomic E-state index is 12.8. The second-order valence-electron chi connectivity index (χ2n) is 7.76. The minimum Gasteiger partial charge on any atom is -0.497 e. The Kier molecular flexibility index (Phi) is 7.26. The number of hydrogen-bond acceptors (Lipinski definition) is 6. The van der Waals surface area contributed by atoms with E-state index in [0.717, 1.165) is 22.6 Å². The summed E-state index contributed by atoms with van der Waals surface area (Å²) in [5.41, 5.74) is 2.04. The molecular formula is C25H27N3O5. The van der Waals surface area contributed by atoms with Crippen LogP contribution < -0.4 is 20.1 Å². The summed E-state index contributed by atoms with van der Waals surface area (Å²) in [5.74, 6) is 1.72. The second-order valence-corrected chi connectivity index (χ2v) is 7.76. The fraction of sp³-hybridized carbons (Fsp3) is 0.280. The molecule has 1 atom stereocenters. The number of imide groups is 1. The van der Waals surface area contributed by atoms with Gasteiger partial charge in [0.25, 0.3) is 0 Å². The molecule has 2 N–H and O–H groups in total. The van der Waals surface area contributed by atoms with Crippen molar-refractivity contribution in [1.82, 2.24) is 15.5 Å². The lowest BCUT2D eigenvalue weighted by Crippen LogP contribution is -2.45. The van der Waals surface area contributed by atoms with E-state index in [1.807, 2.05) is 48.5 Å². The van der Waals surface area contributed by atoms with Crippen molar-refractivity contribution in [3.8, 4) is 11.5 Å². The zero-order valence-electron chi connectivity index (χ0n) is 18.5. The van der Waals surface area contributed by atoms with Crippen molar-refractivity contribution in [2.75, 3.05) is 20.3 Å². The summed E-state index contributed by atoms with van der Waals surface area (Å²) < 4.78 is 16.4. The van der Waals surface area contributed by atoms with E-state index in [0.29, 0.717) is 25.3 Å². The van der Waals surface area contributed by atoms with Crippen molar-refractivity contribution >= 4 is 11.9 Å². The molecule has 0 aliphatic carbocycles. The highest BCUT2D eigenvalue weighted by molar-refractivity contribution is 5.95. The smallest absolute Gasteiger partial charge is 0.321 e. The molecule has 3 amide bonds. The van der Waals surface area contributed by atoms with Crippen LogP contribution in [-0.2, 0) is 17.9 Å². The second kappa shape index (κ2) is 10.7. The standard InChI is InChI=1S/C25H27N3O5/c1-31-19-9-10-23-21(14-19)22(11-13-33-23)28(16-18-6-3-2-4-7-18)17-24(29)27-25(30)26-15-20-8-5-12-32-20/h2-10,12,14,22H,11,13,15-17H2,1H3,(H2,26,27,29,30)/t22-/m1/s1. The van der Waals surface area contributed by atoms with E-state index in [1.54, 1.807) is 19.2 Å². The normalized spacial score (nSPS) is 14.8. The zero-order chi connectivity index (χ0) is 23.0. The van der Waals surface area contributed by atoms with Gasteiger partial charge in [-0.25, -0.2) is 4.79 Å². The summed E-state index contributed by atoms with van der Waals surface area (Å²) in [6, 6.07) is 18.5. The van der Waals surface area contributed by atoms with Crippen molar-refractivity contribution in [2.24, 2.45) is 0 Å². The van der Waals surface area contributed by atoms with Crippen LogP contribution in [-0.4, -0.2) is 37.1 Å². The predicted molar refractivity (Wildman–Crippen MR) is 122 cm³/mol. The number of benzene rings is 2. The molecule has 0 radical (unpaired) electrons. The average molecular weight is 450 g/mol. The van der Waals surface area contributed by atoms with E-state index in [9.17, 15) is 9.59 Å². The van der Waals surface area contributed by atoms with Crippen LogP contribution in [0.2, 0.25) is 0 Å². The van der Waals surface area contributed by atoms with Gasteiger partial charge in [-0.3, -0.25) is 15.0 Å². The van der Waals surface area contributed by atoms with E-state index >= 15 is 0 Å². The van der Waals surface area contributed by atoms with Crippen LogP contribution in [0, 0.1) is 0 Å². The molecule has 3 aromatic rings. The average Bonchev–Trinajstić information content (AvgIpc) is 3.36. The number of nitrogens with one attached hydrogen (secondary N) is 2. The van der Waals surface area contributed by atoms with Gasteiger partial charge in [-0.1, -0.05) is 30.3 Å². The highest BCUT2D eigenvalue weighted by Crippen LogP contribution is 2.38. The topological polar surface area (TPSA) is 93.0 Å². The first-order valence-electron chi connectivity index (χ1n) is 10.8. The number of hydrogen-bond donors (Lipinski definition) is 2. The van der Waals surface area contributed by atoms with Crippen LogP contribution >= 0.6 is 0 Å². The molecular weight excluding hydrogens is 422 g/mol. The van der Waals surface area contributed by atoms with Crippen molar-refractivity contribution in [1.29, 1.82) is 0 Å². The minimum atomic E-state index is -0.565. The third-order valence-electron chi connectivity index (χ3n) is 5.50. The Morgan fingerprint density at radius 3 is 2.73 bits per heavy atom. The van der Waals surface area contributed by atoms with E-state index < -0.39 is 6.03 Å². The third-order valence-corrected chi connectivity index (χ3v) is 5.50. The summed E-state index contributed by atoms with van der Waals surface area (Å²) in [6.45, 7) is 1.33. The molecule has 1 aromatic heterocycles. The summed E-state index contributed by atoms with van der Waals surface area (Å²) in [6.07, 6.45) is 2.24. The number of carbonyl (C=O) groups excluding carboxylic acids is 2. The van der Waals surface area contributed by atoms with Gasteiger partial charge >= 0.3 is 6.03 Å². The first-order chi connectivity index (χ1) is 16.1. The first-order valence-corrected chi connectivity index (χ1v) is 10.8. The minimum absolute atomic E-state index is 0.0460. The number of fused-ring (bicyclic) bond motifs is 1. The van der Waals surface area contributed by atoms with Crippen LogP contribution in [0.3, 0.4) is 0 Å². The van der Waals surface area contributed by atoms with Crippen LogP contribution in [0.25, 0.3) is 0 Å². The third kappa shape index (κ3) is 5.93. The molecule has 8 heteroatoms. The van der Waals surface area contributed by atoms with Gasteiger partial charge < -0.3 is 19.2 Å². The lowest BCUT2D eigenvalue weighted by atomic mass is 9.97. The Balaban J connectivity index is 1.48. The van der Waals surface area contributed by atoms with Gasteiger partial charge in [0.2, 0.25) is 5.91 Å². The van der Waals surface area contributed by atoms with Crippen molar-refractivity contribution in [2.45, 2.75) is 25.6 Å². The van der Waals surface area contributed by atoms with Crippen LogP contribution in [0.15, 0.2) is 71.3 Å². The molecule has 0 saturated heterocycles. The number of rotatable bonds is 8. The van der Waals surface area contributed by atoms with Crippen LogP contribution in [0.4, 0.5) is 4.79 Å². The Bertz CT molecular complexity index is 1070. The number of carbonyl (C=O) groups is 2. The number of ether oxygens (including phenoxy) is 2. The lowest BCUT2D eigenvalue weighted by molar-refractivity contribution is -0.122. The van der Waals surface area contributed by atoms with E-state index in [1.165, 1.54) is 6.26 Å². The molecule has 172 valence electrons. The molecule has 0 bridgehead atoms. The molecule has 2 aromatic carbocycles. The molecule has 0 spiro atoms. The zero-order valence-corrected chi connectivity index (χ0v) is 18.5. The monoisotopic (exact) mass is 449 g/mol. The fourth-order valence-corrected chi connectivity index (χ4v) is 3.93. The molecule has 1 aliphatic heterocycles. The summed E-state index contributed by atoms with van der Waals surface area (Å²) >= 11 is 0. The number of nitrogens with zero attached hydrogens (tertiary/aromatic N) is 1. The van der Waals surface area contributed by atoms with Gasteiger partial charge in [-0.15, -0.1) is 0 Å². The summed E-state index contributed by atoms with van der Waals surface area (Å²) in [4.78, 5) is 27.1. The van der Waals surface area contributed by atoms with Gasteiger partial charge in [0.1, 0.15) is 17.3 Å². The highest BCUT2D eigenvalue weighted by Gasteiger charge is 2.29. The van der Waals surface area contributed by atoms with E-state index in [4.69, 9.17) is 13.9 Å². The van der Waals surface area contributed by atoms with Gasteiger partial charge in [0.05, 0.1) is 33.1 Å². The molecule has 4 rings (SSSR count). The highest BCUT2D eigenvalue weighted by atomic mass is 16.5. The van der Waals surface area contributed by atoms with Gasteiger partial charge in [-0.05, 0) is 35.9 Å². The van der Waals surface area contributed by atoms with Crippen molar-refractivity contribution in [3.63, 3.8) is 0 Å². The largest absolute Gasteiger partial charge is 0.497 e. The lowest BCUT2D eigenvalue weighted by Gasteiger charge is -2.35. The molecule has 33 heavy (non-hydrogen) atoms. The number of furan rings is 1. The molecule has 0 fully saturated rings. The maximum Gasteiger partial charge on any atom is 0.321 e. The van der Waals surface area contributed by atoms with Crippen LogP contribution in [0.1, 0.15) is 29.3 Å². The maximum absolute atomic E-state index is 12.8. The van der Waals surface area contributed by atoms with E-state index in [-0.39, 0.29) is 25.0 Å². The molecule has 0 unspecified atom stereocenters. The molecule has 0 saturated carbocycles. The van der Waals surface area contributed by atoms with Gasteiger partial charge in [-0.2, -0.15) is 0 Å². The Labute approximate surface area is 192 Å². The Morgan fingerprint density at radius 1 is 1.12 bits per heavy atom. The van der Waals surface area contributed by atoms with Crippen molar-refractivity contribution in [3.05, 3.63) is 83.8 Å². The van der Waals surface area contributed by atoms with E-state index in [2.05, 4.69) is 15.5 Å². The molecule has 2 heterocycles. The Morgan fingerprint density at radius 2 is 1.97 bits per heavy atom. The van der Waals surface area contributed by atoms with Crippen molar-refractivity contribution < 1.29 is 23.5 Å².